The zero-order valence-electron chi connectivity index (χ0n) is 11.5. The first-order chi connectivity index (χ1) is 8.88. The van der Waals surface area contributed by atoms with Gasteiger partial charge in [0.2, 0.25) is 0 Å². The van der Waals surface area contributed by atoms with Gasteiger partial charge >= 0.3 is 0 Å². The standard InChI is InChI=1S/C16H25NO/c1-2-3-4-10-18-16-7-5-6-15(11-16)13-17-12-14-8-9-14/h5-7,11,14,17H,2-4,8-10,12-13H2,1H3. The van der Waals surface area contributed by atoms with Gasteiger partial charge in [-0.3, -0.25) is 0 Å². The molecule has 1 aliphatic rings. The Morgan fingerprint density at radius 2 is 2.17 bits per heavy atom. The third kappa shape index (κ3) is 5.09. The van der Waals surface area contributed by atoms with Crippen LogP contribution in [0.5, 0.6) is 5.75 Å². The largest absolute Gasteiger partial charge is 0.494 e. The van der Waals surface area contributed by atoms with Gasteiger partial charge in [-0.2, -0.15) is 0 Å². The molecule has 0 heterocycles. The van der Waals surface area contributed by atoms with Crippen molar-refractivity contribution in [1.82, 2.24) is 5.32 Å². The molecule has 2 rings (SSSR count). The Bertz CT molecular complexity index is 347. The highest BCUT2D eigenvalue weighted by atomic mass is 16.5. The lowest BCUT2D eigenvalue weighted by Gasteiger charge is -2.08. The van der Waals surface area contributed by atoms with E-state index in [1.165, 1.54) is 37.8 Å². The number of benzene rings is 1. The lowest BCUT2D eigenvalue weighted by atomic mass is 10.2. The third-order valence-electron chi connectivity index (χ3n) is 3.37. The average molecular weight is 247 g/mol. The number of hydrogen-bond donors (Lipinski definition) is 1. The van der Waals surface area contributed by atoms with Gasteiger partial charge < -0.3 is 10.1 Å². The lowest BCUT2D eigenvalue weighted by molar-refractivity contribution is 0.306. The van der Waals surface area contributed by atoms with Crippen molar-refractivity contribution < 1.29 is 4.74 Å². The summed E-state index contributed by atoms with van der Waals surface area (Å²) in [5.74, 6) is 1.95. The van der Waals surface area contributed by atoms with E-state index in [1.807, 2.05) is 0 Å². The Labute approximate surface area is 111 Å². The predicted octanol–water partition coefficient (Wildman–Crippen LogP) is 3.76. The molecular formula is C16H25NO. The fraction of sp³-hybridized carbons (Fsp3) is 0.625. The minimum Gasteiger partial charge on any atom is -0.494 e. The van der Waals surface area contributed by atoms with Crippen molar-refractivity contribution >= 4 is 0 Å². The van der Waals surface area contributed by atoms with Crippen LogP contribution in [0.25, 0.3) is 0 Å². The second-order valence-electron chi connectivity index (χ2n) is 5.28. The quantitative estimate of drug-likeness (QED) is 0.671. The maximum Gasteiger partial charge on any atom is 0.119 e. The molecule has 2 heteroatoms. The molecule has 0 aromatic heterocycles. The number of ether oxygens (including phenoxy) is 1. The first-order valence-electron chi connectivity index (χ1n) is 7.31. The molecule has 0 unspecified atom stereocenters. The van der Waals surface area contributed by atoms with Crippen LogP contribution in [0, 0.1) is 5.92 Å². The number of unbranched alkanes of at least 4 members (excludes halogenated alkanes) is 2. The van der Waals surface area contributed by atoms with Crippen LogP contribution in [0.1, 0.15) is 44.6 Å². The van der Waals surface area contributed by atoms with E-state index in [0.717, 1.165) is 31.2 Å². The van der Waals surface area contributed by atoms with E-state index in [4.69, 9.17) is 4.74 Å². The van der Waals surface area contributed by atoms with Crippen LogP contribution in [-0.2, 0) is 6.54 Å². The summed E-state index contributed by atoms with van der Waals surface area (Å²) < 4.78 is 5.76. The van der Waals surface area contributed by atoms with Crippen molar-refractivity contribution in [2.24, 2.45) is 5.92 Å². The molecule has 0 atom stereocenters. The first-order valence-corrected chi connectivity index (χ1v) is 7.31. The van der Waals surface area contributed by atoms with Crippen LogP contribution in [0.15, 0.2) is 24.3 Å². The highest BCUT2D eigenvalue weighted by Gasteiger charge is 2.19. The van der Waals surface area contributed by atoms with E-state index in [2.05, 4.69) is 36.5 Å². The first kappa shape index (κ1) is 13.4. The summed E-state index contributed by atoms with van der Waals surface area (Å²) in [5, 5.41) is 3.51. The molecule has 0 radical (unpaired) electrons. The lowest BCUT2D eigenvalue weighted by Crippen LogP contribution is -2.16. The van der Waals surface area contributed by atoms with Crippen molar-refractivity contribution in [3.63, 3.8) is 0 Å². The van der Waals surface area contributed by atoms with Gasteiger partial charge in [0.15, 0.2) is 0 Å². The van der Waals surface area contributed by atoms with Crippen molar-refractivity contribution in [3.8, 4) is 5.75 Å². The van der Waals surface area contributed by atoms with Crippen LogP contribution in [0.2, 0.25) is 0 Å². The fourth-order valence-electron chi connectivity index (χ4n) is 2.03. The molecule has 1 N–H and O–H groups in total. The third-order valence-corrected chi connectivity index (χ3v) is 3.37. The molecule has 100 valence electrons. The van der Waals surface area contributed by atoms with Crippen LogP contribution in [0.3, 0.4) is 0 Å². The molecule has 0 bridgehead atoms. The Hall–Kier alpha value is -1.02. The maximum absolute atomic E-state index is 5.76. The van der Waals surface area contributed by atoms with Gasteiger partial charge in [-0.05, 0) is 49.4 Å². The number of rotatable bonds is 9. The summed E-state index contributed by atoms with van der Waals surface area (Å²) >= 11 is 0. The van der Waals surface area contributed by atoms with E-state index >= 15 is 0 Å². The Balaban J connectivity index is 1.69. The topological polar surface area (TPSA) is 21.3 Å². The normalized spacial score (nSPS) is 14.7. The van der Waals surface area contributed by atoms with E-state index in [0.29, 0.717) is 0 Å². The molecule has 0 aliphatic heterocycles. The molecule has 1 aromatic rings. The van der Waals surface area contributed by atoms with Crippen molar-refractivity contribution in [1.29, 1.82) is 0 Å². The van der Waals surface area contributed by atoms with E-state index in [1.54, 1.807) is 0 Å². The van der Waals surface area contributed by atoms with Crippen LogP contribution in [-0.4, -0.2) is 13.2 Å². The molecule has 1 saturated carbocycles. The minimum absolute atomic E-state index is 0.840. The second kappa shape index (κ2) is 7.42. The Kier molecular flexibility index (Phi) is 5.53. The Morgan fingerprint density at radius 3 is 2.94 bits per heavy atom. The average Bonchev–Trinajstić information content (AvgIpc) is 3.19. The highest BCUT2D eigenvalue weighted by Crippen LogP contribution is 2.27. The zero-order valence-corrected chi connectivity index (χ0v) is 11.5. The minimum atomic E-state index is 0.840. The molecule has 0 spiro atoms. The molecule has 1 aliphatic carbocycles. The molecule has 1 aromatic carbocycles. The van der Waals surface area contributed by atoms with E-state index in [9.17, 15) is 0 Å². The number of hydrogen-bond acceptors (Lipinski definition) is 2. The van der Waals surface area contributed by atoms with Gasteiger partial charge in [0.1, 0.15) is 5.75 Å². The van der Waals surface area contributed by atoms with Crippen LogP contribution >= 0.6 is 0 Å². The van der Waals surface area contributed by atoms with Gasteiger partial charge in [-0.1, -0.05) is 31.9 Å². The SMILES string of the molecule is CCCCCOc1cccc(CNCC2CC2)c1. The van der Waals surface area contributed by atoms with Gasteiger partial charge in [0, 0.05) is 6.54 Å². The molecule has 1 fully saturated rings. The fourth-order valence-corrected chi connectivity index (χ4v) is 2.03. The smallest absolute Gasteiger partial charge is 0.119 e. The molecule has 0 amide bonds. The summed E-state index contributed by atoms with van der Waals surface area (Å²) in [6, 6.07) is 8.46. The second-order valence-corrected chi connectivity index (χ2v) is 5.28. The van der Waals surface area contributed by atoms with Crippen molar-refractivity contribution in [2.75, 3.05) is 13.2 Å². The maximum atomic E-state index is 5.76. The Morgan fingerprint density at radius 1 is 1.28 bits per heavy atom. The zero-order chi connectivity index (χ0) is 12.6. The predicted molar refractivity (Wildman–Crippen MR) is 75.9 cm³/mol. The highest BCUT2D eigenvalue weighted by molar-refractivity contribution is 5.28. The van der Waals surface area contributed by atoms with Crippen molar-refractivity contribution in [3.05, 3.63) is 29.8 Å². The van der Waals surface area contributed by atoms with Gasteiger partial charge in [0.25, 0.3) is 0 Å². The molecule has 18 heavy (non-hydrogen) atoms. The van der Waals surface area contributed by atoms with Gasteiger partial charge in [-0.15, -0.1) is 0 Å². The summed E-state index contributed by atoms with van der Waals surface area (Å²) in [4.78, 5) is 0. The molecular weight excluding hydrogens is 222 g/mol. The monoisotopic (exact) mass is 247 g/mol. The van der Waals surface area contributed by atoms with Gasteiger partial charge in [0.05, 0.1) is 6.61 Å². The molecule has 2 nitrogen and oxygen atoms in total. The van der Waals surface area contributed by atoms with Crippen molar-refractivity contribution in [2.45, 2.75) is 45.6 Å². The number of nitrogens with one attached hydrogen (secondary N) is 1. The summed E-state index contributed by atoms with van der Waals surface area (Å²) in [5.41, 5.74) is 1.32. The summed E-state index contributed by atoms with van der Waals surface area (Å²) in [6.07, 6.45) is 6.47. The summed E-state index contributed by atoms with van der Waals surface area (Å²) in [6.45, 7) is 5.18. The van der Waals surface area contributed by atoms with Crippen LogP contribution in [0.4, 0.5) is 0 Å². The molecule has 0 saturated heterocycles. The van der Waals surface area contributed by atoms with Gasteiger partial charge in [-0.25, -0.2) is 0 Å². The van der Waals surface area contributed by atoms with Crippen LogP contribution < -0.4 is 10.1 Å². The van der Waals surface area contributed by atoms with E-state index < -0.39 is 0 Å². The van der Waals surface area contributed by atoms with E-state index in [-0.39, 0.29) is 0 Å². The summed E-state index contributed by atoms with van der Waals surface area (Å²) in [7, 11) is 0.